The van der Waals surface area contributed by atoms with Gasteiger partial charge in [-0.15, -0.1) is 23.1 Å². The predicted molar refractivity (Wildman–Crippen MR) is 82.1 cm³/mol. The minimum Gasteiger partial charge on any atom is -0.508 e. The molecule has 6 nitrogen and oxygen atoms in total. The molecule has 1 aromatic carbocycles. The Hall–Kier alpha value is -1.64. The van der Waals surface area contributed by atoms with Crippen molar-refractivity contribution in [2.24, 2.45) is 4.99 Å². The molecule has 0 spiro atoms. The van der Waals surface area contributed by atoms with E-state index in [0.717, 1.165) is 15.2 Å². The van der Waals surface area contributed by atoms with E-state index in [1.165, 1.54) is 23.1 Å². The molecule has 0 aliphatic carbocycles. The molecule has 1 aliphatic rings. The Kier molecular flexibility index (Phi) is 4.09. The summed E-state index contributed by atoms with van der Waals surface area (Å²) < 4.78 is 5.75. The van der Waals surface area contributed by atoms with Crippen LogP contribution in [0.1, 0.15) is 5.01 Å². The smallest absolute Gasteiger partial charge is 0.331 e. The molecule has 0 saturated heterocycles. The number of benzene rings is 1. The van der Waals surface area contributed by atoms with Crippen molar-refractivity contribution in [1.29, 1.82) is 0 Å². The number of carbonyl (C=O) groups is 1. The van der Waals surface area contributed by atoms with Crippen LogP contribution in [-0.2, 0) is 9.53 Å². The van der Waals surface area contributed by atoms with E-state index >= 15 is 0 Å². The van der Waals surface area contributed by atoms with Crippen LogP contribution in [0.25, 0.3) is 10.2 Å². The van der Waals surface area contributed by atoms with Crippen LogP contribution in [0.5, 0.6) is 5.75 Å². The summed E-state index contributed by atoms with van der Waals surface area (Å²) in [6.07, 6.45) is 0. The largest absolute Gasteiger partial charge is 0.508 e. The van der Waals surface area contributed by atoms with E-state index in [-0.39, 0.29) is 19.0 Å². The van der Waals surface area contributed by atoms with E-state index in [1.807, 2.05) is 0 Å². The summed E-state index contributed by atoms with van der Waals surface area (Å²) in [5, 5.41) is 19.6. The fraction of sp³-hybridized carbons (Fsp3) is 0.308. The number of rotatable bonds is 4. The Labute approximate surface area is 128 Å². The van der Waals surface area contributed by atoms with Gasteiger partial charge in [0.25, 0.3) is 0 Å². The zero-order valence-electron chi connectivity index (χ0n) is 10.9. The van der Waals surface area contributed by atoms with Gasteiger partial charge in [0, 0.05) is 5.75 Å². The van der Waals surface area contributed by atoms with Gasteiger partial charge < -0.3 is 14.9 Å². The van der Waals surface area contributed by atoms with Crippen LogP contribution in [0.15, 0.2) is 23.2 Å². The van der Waals surface area contributed by atoms with Gasteiger partial charge >= 0.3 is 5.97 Å². The molecule has 1 aliphatic heterocycles. The Morgan fingerprint density at radius 3 is 3.14 bits per heavy atom. The summed E-state index contributed by atoms with van der Waals surface area (Å²) in [7, 11) is 0. The van der Waals surface area contributed by atoms with Crippen molar-refractivity contribution in [2.75, 3.05) is 19.0 Å². The molecular weight excluding hydrogens is 312 g/mol. The van der Waals surface area contributed by atoms with Crippen molar-refractivity contribution >= 4 is 44.3 Å². The average Bonchev–Trinajstić information content (AvgIpc) is 3.10. The number of carbonyl (C=O) groups excluding carboxylic acids is 1. The van der Waals surface area contributed by atoms with Gasteiger partial charge in [-0.1, -0.05) is 0 Å². The number of aliphatic hydroxyl groups is 1. The van der Waals surface area contributed by atoms with Crippen LogP contribution >= 0.6 is 23.1 Å². The van der Waals surface area contributed by atoms with Crippen molar-refractivity contribution in [1.82, 2.24) is 4.98 Å². The number of phenols is 1. The molecule has 2 aromatic rings. The molecular formula is C13H12N2O4S2. The molecule has 0 saturated carbocycles. The molecule has 2 heterocycles. The Bertz CT molecular complexity index is 713. The second-order valence-corrected chi connectivity index (χ2v) is 6.36. The summed E-state index contributed by atoms with van der Waals surface area (Å²) in [5.74, 6) is 0.287. The number of aromatic nitrogens is 1. The lowest BCUT2D eigenvalue weighted by molar-refractivity contribution is -0.145. The maximum absolute atomic E-state index is 11.7. The number of nitrogens with zero attached hydrogens (tertiary/aromatic N) is 2. The number of hydrogen-bond acceptors (Lipinski definition) is 8. The summed E-state index contributed by atoms with van der Waals surface area (Å²) in [5.41, 5.74) is 0.794. The molecule has 110 valence electrons. The molecule has 8 heteroatoms. The number of aromatic hydroxyl groups is 1. The number of aliphatic imine (C=N–C) groups is 1. The lowest BCUT2D eigenvalue weighted by Crippen LogP contribution is -2.22. The zero-order valence-corrected chi connectivity index (χ0v) is 12.5. The Balaban J connectivity index is 1.81. The molecule has 0 bridgehead atoms. The monoisotopic (exact) mass is 324 g/mol. The summed E-state index contributed by atoms with van der Waals surface area (Å²) in [4.78, 5) is 20.5. The van der Waals surface area contributed by atoms with E-state index in [0.29, 0.717) is 10.8 Å². The van der Waals surface area contributed by atoms with Crippen LogP contribution in [0, 0.1) is 0 Å². The Morgan fingerprint density at radius 2 is 2.33 bits per heavy atom. The van der Waals surface area contributed by atoms with Crippen molar-refractivity contribution in [3.63, 3.8) is 0 Å². The van der Waals surface area contributed by atoms with Crippen molar-refractivity contribution in [3.8, 4) is 5.75 Å². The third-order valence-corrected chi connectivity index (χ3v) is 5.02. The molecule has 3 rings (SSSR count). The molecule has 0 unspecified atom stereocenters. The fourth-order valence-corrected chi connectivity index (χ4v) is 3.95. The Morgan fingerprint density at radius 1 is 1.48 bits per heavy atom. The van der Waals surface area contributed by atoms with Gasteiger partial charge in [-0.05, 0) is 18.2 Å². The van der Waals surface area contributed by atoms with Gasteiger partial charge in [-0.2, -0.15) is 0 Å². The SMILES string of the molecule is O=C(OCCO)[C@H]1CSC(c2nc3ccc(O)cc3s2)=N1. The van der Waals surface area contributed by atoms with Gasteiger partial charge in [0.1, 0.15) is 22.4 Å². The van der Waals surface area contributed by atoms with E-state index in [1.54, 1.807) is 18.2 Å². The number of aliphatic hydroxyl groups excluding tert-OH is 1. The van der Waals surface area contributed by atoms with Crippen LogP contribution in [0.4, 0.5) is 0 Å². The zero-order chi connectivity index (χ0) is 14.8. The van der Waals surface area contributed by atoms with Crippen LogP contribution in [0.2, 0.25) is 0 Å². The number of fused-ring (bicyclic) bond motifs is 1. The highest BCUT2D eigenvalue weighted by atomic mass is 32.2. The molecule has 0 amide bonds. The number of ether oxygens (including phenoxy) is 1. The average molecular weight is 324 g/mol. The number of phenolic OH excluding ortho intramolecular Hbond substituents is 1. The number of esters is 1. The maximum Gasteiger partial charge on any atom is 0.331 e. The minimum atomic E-state index is -0.544. The quantitative estimate of drug-likeness (QED) is 0.826. The van der Waals surface area contributed by atoms with E-state index in [9.17, 15) is 9.90 Å². The first-order valence-corrected chi connectivity index (χ1v) is 8.05. The molecule has 1 aromatic heterocycles. The number of thioether (sulfide) groups is 1. The first-order valence-electron chi connectivity index (χ1n) is 6.25. The number of hydrogen-bond donors (Lipinski definition) is 2. The second kappa shape index (κ2) is 6.00. The number of thiazole rings is 1. The third kappa shape index (κ3) is 3.02. The van der Waals surface area contributed by atoms with Crippen LogP contribution in [0.3, 0.4) is 0 Å². The molecule has 2 N–H and O–H groups in total. The van der Waals surface area contributed by atoms with Gasteiger partial charge in [0.2, 0.25) is 0 Å². The highest BCUT2D eigenvalue weighted by molar-refractivity contribution is 8.15. The minimum absolute atomic E-state index is 0.00866. The maximum atomic E-state index is 11.7. The van der Waals surface area contributed by atoms with Crippen molar-refractivity contribution < 1.29 is 19.7 Å². The fourth-order valence-electron chi connectivity index (χ4n) is 1.86. The first kappa shape index (κ1) is 14.3. The normalized spacial score (nSPS) is 18.0. The van der Waals surface area contributed by atoms with E-state index in [2.05, 4.69) is 9.98 Å². The summed E-state index contributed by atoms with van der Waals surface area (Å²) in [6, 6.07) is 4.45. The highest BCUT2D eigenvalue weighted by Gasteiger charge is 2.28. The molecule has 0 fully saturated rings. The topological polar surface area (TPSA) is 92.0 Å². The third-order valence-electron chi connectivity index (χ3n) is 2.81. The predicted octanol–water partition coefficient (Wildman–Crippen LogP) is 1.40. The lowest BCUT2D eigenvalue weighted by atomic mass is 10.3. The highest BCUT2D eigenvalue weighted by Crippen LogP contribution is 2.31. The van der Waals surface area contributed by atoms with Gasteiger partial charge in [0.15, 0.2) is 6.04 Å². The molecule has 1 atom stereocenters. The van der Waals surface area contributed by atoms with E-state index in [4.69, 9.17) is 9.84 Å². The molecule has 0 radical (unpaired) electrons. The standard InChI is InChI=1S/C13H12N2O4S2/c16-3-4-19-13(18)9-6-20-11(15-9)12-14-8-2-1-7(17)5-10(8)21-12/h1-2,5,9,16-17H,3-4,6H2/t9-/m1/s1. The van der Waals surface area contributed by atoms with Crippen LogP contribution in [-0.4, -0.2) is 51.2 Å². The van der Waals surface area contributed by atoms with Gasteiger partial charge in [-0.3, -0.25) is 4.99 Å². The van der Waals surface area contributed by atoms with Crippen molar-refractivity contribution in [3.05, 3.63) is 23.2 Å². The lowest BCUT2D eigenvalue weighted by Gasteiger charge is -2.04. The van der Waals surface area contributed by atoms with Gasteiger partial charge in [0.05, 0.1) is 16.8 Å². The summed E-state index contributed by atoms with van der Waals surface area (Å²) >= 11 is 2.88. The first-order chi connectivity index (χ1) is 10.2. The van der Waals surface area contributed by atoms with Crippen LogP contribution < -0.4 is 0 Å². The molecule has 21 heavy (non-hydrogen) atoms. The second-order valence-electron chi connectivity index (χ2n) is 4.32. The van der Waals surface area contributed by atoms with Gasteiger partial charge in [-0.25, -0.2) is 9.78 Å². The van der Waals surface area contributed by atoms with Crippen molar-refractivity contribution in [2.45, 2.75) is 6.04 Å². The van der Waals surface area contributed by atoms with E-state index < -0.39 is 12.0 Å². The summed E-state index contributed by atoms with van der Waals surface area (Å²) in [6.45, 7) is -0.200.